The molecule has 2 aliphatic heterocycles. The molecule has 1 fully saturated rings. The van der Waals surface area contributed by atoms with Gasteiger partial charge in [-0.05, 0) is 44.5 Å². The molecule has 0 radical (unpaired) electrons. The lowest BCUT2D eigenvalue weighted by atomic mass is 9.94. The largest absolute Gasteiger partial charge is 0.443 e. The van der Waals surface area contributed by atoms with Crippen molar-refractivity contribution in [3.63, 3.8) is 0 Å². The average Bonchev–Trinajstić information content (AvgIpc) is 3.10. The molecule has 2 aromatic rings. The molecule has 0 atom stereocenters. The molecule has 0 aromatic carbocycles. The number of rotatable bonds is 4. The summed E-state index contributed by atoms with van der Waals surface area (Å²) in [6, 6.07) is 1.85. The molecule has 4 heterocycles. The monoisotopic (exact) mass is 423 g/mol. The summed E-state index contributed by atoms with van der Waals surface area (Å²) < 4.78 is 16.3. The number of nitrogens with one attached hydrogen (secondary N) is 1. The Morgan fingerprint density at radius 3 is 2.79 bits per heavy atom. The maximum Gasteiger partial charge on any atom is 0.349 e. The fourth-order valence-electron chi connectivity index (χ4n) is 3.97. The third kappa shape index (κ3) is 4.39. The molecule has 1 saturated heterocycles. The van der Waals surface area contributed by atoms with Crippen LogP contribution in [0.2, 0.25) is 0 Å². The van der Waals surface area contributed by atoms with Crippen LogP contribution in [0.15, 0.2) is 19.7 Å². The molecule has 1 N–H and O–H groups in total. The number of ether oxygens (including phenoxy) is 1. The first-order valence-corrected chi connectivity index (χ1v) is 9.68. The number of hydrogen-bond acceptors (Lipinski definition) is 7. The molecular formula is C20H26ClN3O5. The summed E-state index contributed by atoms with van der Waals surface area (Å²) in [6.07, 6.45) is 2.43. The Kier molecular flexibility index (Phi) is 6.77. The molecule has 0 bridgehead atoms. The highest BCUT2D eigenvalue weighted by Gasteiger charge is 2.30. The molecule has 2 aromatic heterocycles. The van der Waals surface area contributed by atoms with Crippen molar-refractivity contribution in [3.8, 4) is 0 Å². The summed E-state index contributed by atoms with van der Waals surface area (Å²) in [7, 11) is 1.58. The number of amides is 1. The molecule has 0 aliphatic carbocycles. The van der Waals surface area contributed by atoms with Crippen molar-refractivity contribution in [2.75, 3.05) is 26.7 Å². The highest BCUT2D eigenvalue weighted by Crippen LogP contribution is 2.26. The predicted molar refractivity (Wildman–Crippen MR) is 107 cm³/mol. The topological polar surface area (TPSA) is 97.8 Å². The number of piperidine rings is 1. The molecule has 4 rings (SSSR count). The average molecular weight is 424 g/mol. The first-order valence-electron chi connectivity index (χ1n) is 9.68. The second-order valence-electron chi connectivity index (χ2n) is 7.41. The van der Waals surface area contributed by atoms with Crippen LogP contribution in [0.25, 0.3) is 0 Å². The van der Waals surface area contributed by atoms with E-state index in [2.05, 4.69) is 10.3 Å². The Labute approximate surface area is 175 Å². The predicted octanol–water partition coefficient (Wildman–Crippen LogP) is 2.17. The first-order chi connectivity index (χ1) is 13.6. The molecule has 0 unspecified atom stereocenters. The first kappa shape index (κ1) is 21.5. The molecule has 2 aliphatic rings. The van der Waals surface area contributed by atoms with Crippen LogP contribution < -0.4 is 10.9 Å². The minimum atomic E-state index is -0.551. The van der Waals surface area contributed by atoms with Crippen molar-refractivity contribution >= 4 is 18.3 Å². The fraction of sp³-hybridized carbons (Fsp3) is 0.550. The quantitative estimate of drug-likeness (QED) is 0.804. The van der Waals surface area contributed by atoms with Gasteiger partial charge in [-0.3, -0.25) is 4.79 Å². The van der Waals surface area contributed by atoms with Gasteiger partial charge in [-0.1, -0.05) is 0 Å². The number of aromatic nitrogens is 1. The third-order valence-corrected chi connectivity index (χ3v) is 5.45. The van der Waals surface area contributed by atoms with E-state index in [9.17, 15) is 9.59 Å². The van der Waals surface area contributed by atoms with Crippen molar-refractivity contribution in [1.29, 1.82) is 0 Å². The van der Waals surface area contributed by atoms with E-state index in [1.807, 2.05) is 6.07 Å². The Morgan fingerprint density at radius 1 is 1.34 bits per heavy atom. The van der Waals surface area contributed by atoms with Gasteiger partial charge in [0.1, 0.15) is 29.4 Å². The van der Waals surface area contributed by atoms with Crippen LogP contribution in [0.3, 0.4) is 0 Å². The van der Waals surface area contributed by atoms with Gasteiger partial charge in [0, 0.05) is 26.0 Å². The van der Waals surface area contributed by atoms with Gasteiger partial charge < -0.3 is 23.8 Å². The molecular weight excluding hydrogens is 398 g/mol. The number of methoxy groups -OCH3 is 1. The van der Waals surface area contributed by atoms with E-state index in [0.717, 1.165) is 37.4 Å². The summed E-state index contributed by atoms with van der Waals surface area (Å²) >= 11 is 0. The third-order valence-electron chi connectivity index (χ3n) is 5.45. The van der Waals surface area contributed by atoms with Gasteiger partial charge in [0.05, 0.1) is 6.54 Å². The maximum atomic E-state index is 13.0. The van der Waals surface area contributed by atoms with E-state index < -0.39 is 5.63 Å². The number of halogens is 1. The Morgan fingerprint density at radius 2 is 2.10 bits per heavy atom. The van der Waals surface area contributed by atoms with Gasteiger partial charge in [0.2, 0.25) is 5.89 Å². The van der Waals surface area contributed by atoms with E-state index in [0.29, 0.717) is 43.3 Å². The zero-order chi connectivity index (χ0) is 19.7. The fourth-order valence-corrected chi connectivity index (χ4v) is 3.97. The smallest absolute Gasteiger partial charge is 0.349 e. The lowest BCUT2D eigenvalue weighted by Crippen LogP contribution is -2.38. The van der Waals surface area contributed by atoms with Crippen molar-refractivity contribution in [3.05, 3.63) is 50.7 Å². The van der Waals surface area contributed by atoms with Crippen LogP contribution in [0.5, 0.6) is 0 Å². The van der Waals surface area contributed by atoms with Gasteiger partial charge >= 0.3 is 5.63 Å². The van der Waals surface area contributed by atoms with Crippen LogP contribution >= 0.6 is 12.4 Å². The summed E-state index contributed by atoms with van der Waals surface area (Å²) in [5, 5.41) is 3.30. The van der Waals surface area contributed by atoms with Crippen molar-refractivity contribution in [2.45, 2.75) is 45.3 Å². The van der Waals surface area contributed by atoms with E-state index >= 15 is 0 Å². The Balaban J connectivity index is 0.00000240. The van der Waals surface area contributed by atoms with Crippen LogP contribution in [0.4, 0.5) is 0 Å². The SMILES string of the molecule is COCc1nc2c(o1)CCN(C(=O)c1c(C)cc(C3CCNCC3)oc1=O)C2.Cl. The molecule has 8 nitrogen and oxygen atoms in total. The number of aryl methyl sites for hydroxylation is 1. The van der Waals surface area contributed by atoms with Crippen molar-refractivity contribution < 1.29 is 18.4 Å². The molecule has 0 spiro atoms. The molecule has 1 amide bonds. The van der Waals surface area contributed by atoms with Crippen LogP contribution in [-0.4, -0.2) is 42.5 Å². The number of carbonyl (C=O) groups is 1. The van der Waals surface area contributed by atoms with E-state index in [1.165, 1.54) is 0 Å². The van der Waals surface area contributed by atoms with Crippen LogP contribution in [0.1, 0.15) is 57.8 Å². The molecule has 29 heavy (non-hydrogen) atoms. The van der Waals surface area contributed by atoms with Gasteiger partial charge in [-0.25, -0.2) is 9.78 Å². The lowest BCUT2D eigenvalue weighted by Gasteiger charge is -2.26. The number of carbonyl (C=O) groups excluding carboxylic acids is 1. The minimum absolute atomic E-state index is 0. The van der Waals surface area contributed by atoms with Gasteiger partial charge in [-0.15, -0.1) is 12.4 Å². The van der Waals surface area contributed by atoms with E-state index in [1.54, 1.807) is 18.9 Å². The highest BCUT2D eigenvalue weighted by atomic mass is 35.5. The summed E-state index contributed by atoms with van der Waals surface area (Å²) in [5.74, 6) is 1.88. The zero-order valence-electron chi connectivity index (χ0n) is 16.7. The molecule has 158 valence electrons. The summed E-state index contributed by atoms with van der Waals surface area (Å²) in [5.41, 5.74) is 0.951. The van der Waals surface area contributed by atoms with Gasteiger partial charge in [0.25, 0.3) is 5.91 Å². The van der Waals surface area contributed by atoms with Crippen molar-refractivity contribution in [1.82, 2.24) is 15.2 Å². The van der Waals surface area contributed by atoms with Gasteiger partial charge in [0.15, 0.2) is 0 Å². The Bertz CT molecular complexity index is 933. The number of nitrogens with zero attached hydrogens (tertiary/aromatic N) is 2. The minimum Gasteiger partial charge on any atom is -0.443 e. The van der Waals surface area contributed by atoms with Gasteiger partial charge in [-0.2, -0.15) is 0 Å². The van der Waals surface area contributed by atoms with E-state index in [-0.39, 0.29) is 29.8 Å². The standard InChI is InChI=1S/C20H25N3O5.ClH/c1-12-9-16(13-3-6-21-7-4-13)28-20(25)18(12)19(24)23-8-5-15-14(10-23)22-17(27-15)11-26-2;/h9,13,21H,3-8,10-11H2,1-2H3;1H. The summed E-state index contributed by atoms with van der Waals surface area (Å²) in [6.45, 7) is 4.71. The Hall–Kier alpha value is -2.16. The number of hydrogen-bond donors (Lipinski definition) is 1. The van der Waals surface area contributed by atoms with Crippen LogP contribution in [-0.2, 0) is 24.3 Å². The second-order valence-corrected chi connectivity index (χ2v) is 7.41. The maximum absolute atomic E-state index is 13.0. The second kappa shape index (κ2) is 9.11. The number of fused-ring (bicyclic) bond motifs is 1. The highest BCUT2D eigenvalue weighted by molar-refractivity contribution is 5.95. The van der Waals surface area contributed by atoms with Crippen molar-refractivity contribution in [2.24, 2.45) is 0 Å². The lowest BCUT2D eigenvalue weighted by molar-refractivity contribution is 0.0721. The molecule has 0 saturated carbocycles. The van der Waals surface area contributed by atoms with E-state index in [4.69, 9.17) is 13.6 Å². The van der Waals surface area contributed by atoms with Crippen LogP contribution in [0, 0.1) is 6.92 Å². The zero-order valence-corrected chi connectivity index (χ0v) is 17.5. The normalized spacial score (nSPS) is 17.0. The summed E-state index contributed by atoms with van der Waals surface area (Å²) in [4.78, 5) is 31.7. The molecule has 9 heteroatoms. The number of oxazole rings is 1.